The molecule has 1 atom stereocenters. The molecular formula is C21H31N7O2. The molecule has 4 heterocycles. The van der Waals surface area contributed by atoms with Crippen molar-refractivity contribution < 1.29 is 9.53 Å². The fraction of sp³-hybridized carbons (Fsp3) is 0.667. The van der Waals surface area contributed by atoms with E-state index in [9.17, 15) is 4.79 Å². The zero-order chi connectivity index (χ0) is 21.1. The van der Waals surface area contributed by atoms with Crippen LogP contribution in [-0.2, 0) is 16.1 Å². The van der Waals surface area contributed by atoms with Crippen LogP contribution in [-0.4, -0.2) is 74.9 Å². The molecule has 4 rings (SSSR count). The summed E-state index contributed by atoms with van der Waals surface area (Å²) in [4.78, 5) is 30.9. The molecule has 0 radical (unpaired) electrons. The topological polar surface area (TPSA) is 89.3 Å². The molecule has 0 saturated carbocycles. The van der Waals surface area contributed by atoms with E-state index in [1.807, 2.05) is 11.8 Å². The lowest BCUT2D eigenvalue weighted by molar-refractivity contribution is -0.136. The molecule has 9 nitrogen and oxygen atoms in total. The number of hydrogen-bond acceptors (Lipinski definition) is 7. The largest absolute Gasteiger partial charge is 0.378 e. The number of carbonyl (C=O) groups is 1. The molecule has 0 aromatic carbocycles. The summed E-state index contributed by atoms with van der Waals surface area (Å²) in [5.41, 5.74) is 2.19. The quantitative estimate of drug-likeness (QED) is 0.735. The Morgan fingerprint density at radius 2 is 1.90 bits per heavy atom. The number of anilines is 1. The Kier molecular flexibility index (Phi) is 6.26. The Bertz CT molecular complexity index is 856. The van der Waals surface area contributed by atoms with Gasteiger partial charge in [-0.3, -0.25) is 9.48 Å². The molecule has 1 unspecified atom stereocenters. The van der Waals surface area contributed by atoms with Gasteiger partial charge in [0, 0.05) is 43.4 Å². The second-order valence-corrected chi connectivity index (χ2v) is 8.33. The van der Waals surface area contributed by atoms with Gasteiger partial charge >= 0.3 is 0 Å². The molecule has 0 bridgehead atoms. The first-order valence-corrected chi connectivity index (χ1v) is 10.8. The summed E-state index contributed by atoms with van der Waals surface area (Å²) in [6.45, 7) is 11.4. The van der Waals surface area contributed by atoms with Crippen molar-refractivity contribution in [2.45, 2.75) is 46.1 Å². The number of rotatable bonds is 5. The van der Waals surface area contributed by atoms with E-state index in [0.29, 0.717) is 12.5 Å². The Hall–Kier alpha value is -2.55. The average molecular weight is 414 g/mol. The summed E-state index contributed by atoms with van der Waals surface area (Å²) in [6.07, 6.45) is 4.94. The molecule has 2 aliphatic heterocycles. The number of aryl methyl sites for hydroxylation is 1. The van der Waals surface area contributed by atoms with Crippen LogP contribution in [0, 0.1) is 19.8 Å². The van der Waals surface area contributed by atoms with Crippen molar-refractivity contribution in [1.82, 2.24) is 29.6 Å². The summed E-state index contributed by atoms with van der Waals surface area (Å²) in [6, 6.07) is 0. The van der Waals surface area contributed by atoms with Gasteiger partial charge in [-0.1, -0.05) is 6.92 Å². The minimum Gasteiger partial charge on any atom is -0.378 e. The van der Waals surface area contributed by atoms with E-state index in [-0.39, 0.29) is 11.8 Å². The number of ether oxygens (including phenoxy) is 1. The predicted octanol–water partition coefficient (Wildman–Crippen LogP) is 1.56. The molecule has 2 fully saturated rings. The SMILES string of the molecule is Cc1nc(C2CCN(C(=O)C(C)Cn3cncn3)CC2)nc(N2CCOCC2)c1C. The number of likely N-dealkylation sites (tertiary alicyclic amines) is 1. The van der Waals surface area contributed by atoms with Crippen LogP contribution < -0.4 is 4.90 Å². The van der Waals surface area contributed by atoms with Crippen molar-refractivity contribution in [3.05, 3.63) is 29.7 Å². The lowest BCUT2D eigenvalue weighted by Crippen LogP contribution is -2.42. The summed E-state index contributed by atoms with van der Waals surface area (Å²) >= 11 is 0. The summed E-state index contributed by atoms with van der Waals surface area (Å²) in [5, 5.41) is 4.10. The smallest absolute Gasteiger partial charge is 0.227 e. The van der Waals surface area contributed by atoms with E-state index in [4.69, 9.17) is 14.7 Å². The number of aromatic nitrogens is 5. The molecule has 2 aromatic heterocycles. The number of hydrogen-bond donors (Lipinski definition) is 0. The number of nitrogens with zero attached hydrogens (tertiary/aromatic N) is 7. The van der Waals surface area contributed by atoms with Gasteiger partial charge in [-0.15, -0.1) is 0 Å². The molecule has 30 heavy (non-hydrogen) atoms. The monoisotopic (exact) mass is 413 g/mol. The molecule has 0 spiro atoms. The number of amides is 1. The van der Waals surface area contributed by atoms with Crippen LogP contribution >= 0.6 is 0 Å². The van der Waals surface area contributed by atoms with Gasteiger partial charge in [0.25, 0.3) is 0 Å². The van der Waals surface area contributed by atoms with Gasteiger partial charge in [0.2, 0.25) is 5.91 Å². The molecular weight excluding hydrogens is 382 g/mol. The minimum absolute atomic E-state index is 0.117. The van der Waals surface area contributed by atoms with Gasteiger partial charge < -0.3 is 14.5 Å². The van der Waals surface area contributed by atoms with Gasteiger partial charge in [-0.25, -0.2) is 15.0 Å². The van der Waals surface area contributed by atoms with E-state index in [1.165, 1.54) is 6.33 Å². The van der Waals surface area contributed by atoms with Gasteiger partial charge in [-0.05, 0) is 26.7 Å². The highest BCUT2D eigenvalue weighted by Gasteiger charge is 2.29. The lowest BCUT2D eigenvalue weighted by Gasteiger charge is -2.34. The van der Waals surface area contributed by atoms with Crippen molar-refractivity contribution in [3.63, 3.8) is 0 Å². The Morgan fingerprint density at radius 3 is 2.57 bits per heavy atom. The highest BCUT2D eigenvalue weighted by molar-refractivity contribution is 5.78. The highest BCUT2D eigenvalue weighted by atomic mass is 16.5. The number of piperidine rings is 1. The first-order valence-electron chi connectivity index (χ1n) is 10.8. The van der Waals surface area contributed by atoms with Crippen LogP contribution in [0.25, 0.3) is 0 Å². The lowest BCUT2D eigenvalue weighted by atomic mass is 9.94. The molecule has 2 aliphatic rings. The highest BCUT2D eigenvalue weighted by Crippen LogP contribution is 2.30. The fourth-order valence-electron chi connectivity index (χ4n) is 4.26. The normalized spacial score (nSPS) is 19.2. The molecule has 2 saturated heterocycles. The van der Waals surface area contributed by atoms with Crippen molar-refractivity contribution in [2.24, 2.45) is 5.92 Å². The third-order valence-corrected chi connectivity index (χ3v) is 6.21. The Balaban J connectivity index is 1.40. The van der Waals surface area contributed by atoms with Crippen molar-refractivity contribution in [3.8, 4) is 0 Å². The molecule has 162 valence electrons. The van der Waals surface area contributed by atoms with Gasteiger partial charge in [0.15, 0.2) is 0 Å². The maximum atomic E-state index is 12.8. The average Bonchev–Trinajstić information content (AvgIpc) is 3.29. The van der Waals surface area contributed by atoms with Crippen LogP contribution in [0.3, 0.4) is 0 Å². The first-order chi connectivity index (χ1) is 14.5. The van der Waals surface area contributed by atoms with Crippen LogP contribution in [0.4, 0.5) is 5.82 Å². The van der Waals surface area contributed by atoms with Crippen molar-refractivity contribution >= 4 is 11.7 Å². The standard InChI is InChI=1S/C21H31N7O2/c1-15(12-28-14-22-13-23-28)21(29)27-6-4-18(5-7-27)19-24-17(3)16(2)20(25-19)26-8-10-30-11-9-26/h13-15,18H,4-12H2,1-3H3. The van der Waals surface area contributed by atoms with Gasteiger partial charge in [0.05, 0.1) is 25.7 Å². The maximum absolute atomic E-state index is 12.8. The van der Waals surface area contributed by atoms with Crippen LogP contribution in [0.5, 0.6) is 0 Å². The Labute approximate surface area is 177 Å². The predicted molar refractivity (Wildman–Crippen MR) is 112 cm³/mol. The van der Waals surface area contributed by atoms with Crippen LogP contribution in [0.2, 0.25) is 0 Å². The number of morpholine rings is 1. The van der Waals surface area contributed by atoms with Gasteiger partial charge in [0.1, 0.15) is 24.3 Å². The molecule has 0 N–H and O–H groups in total. The number of carbonyl (C=O) groups excluding carboxylic acids is 1. The first kappa shape index (κ1) is 20.7. The van der Waals surface area contributed by atoms with E-state index < -0.39 is 0 Å². The van der Waals surface area contributed by atoms with Crippen LogP contribution in [0.15, 0.2) is 12.7 Å². The van der Waals surface area contributed by atoms with E-state index in [1.54, 1.807) is 11.0 Å². The molecule has 9 heteroatoms. The fourth-order valence-corrected chi connectivity index (χ4v) is 4.26. The van der Waals surface area contributed by atoms with Crippen molar-refractivity contribution in [1.29, 1.82) is 0 Å². The second-order valence-electron chi connectivity index (χ2n) is 8.33. The maximum Gasteiger partial charge on any atom is 0.227 e. The third-order valence-electron chi connectivity index (χ3n) is 6.21. The third kappa shape index (κ3) is 4.45. The van der Waals surface area contributed by atoms with Crippen molar-refractivity contribution in [2.75, 3.05) is 44.3 Å². The molecule has 2 aromatic rings. The minimum atomic E-state index is -0.117. The summed E-state index contributed by atoms with van der Waals surface area (Å²) < 4.78 is 7.21. The summed E-state index contributed by atoms with van der Waals surface area (Å²) in [5.74, 6) is 2.31. The van der Waals surface area contributed by atoms with Crippen LogP contribution in [0.1, 0.15) is 42.8 Å². The van der Waals surface area contributed by atoms with E-state index >= 15 is 0 Å². The zero-order valence-corrected chi connectivity index (χ0v) is 18.1. The molecule has 1 amide bonds. The van der Waals surface area contributed by atoms with E-state index in [0.717, 1.165) is 75.1 Å². The second kappa shape index (κ2) is 9.07. The van der Waals surface area contributed by atoms with Gasteiger partial charge in [-0.2, -0.15) is 5.10 Å². The summed E-state index contributed by atoms with van der Waals surface area (Å²) in [7, 11) is 0. The zero-order valence-electron chi connectivity index (χ0n) is 18.1. The van der Waals surface area contributed by atoms with E-state index in [2.05, 4.69) is 28.8 Å². The Morgan fingerprint density at radius 1 is 1.17 bits per heavy atom. The molecule has 0 aliphatic carbocycles.